The highest BCUT2D eigenvalue weighted by Crippen LogP contribution is 2.24. The molecule has 1 fully saturated rings. The molecule has 1 heterocycles. The van der Waals surface area contributed by atoms with Crippen molar-refractivity contribution < 1.29 is 5.11 Å². The highest BCUT2D eigenvalue weighted by atomic mass is 16.3. The number of imidazole rings is 1. The molecule has 1 aliphatic rings. The molecule has 2 N–H and O–H groups in total. The van der Waals surface area contributed by atoms with E-state index in [0.29, 0.717) is 6.04 Å². The van der Waals surface area contributed by atoms with E-state index in [2.05, 4.69) is 21.8 Å². The zero-order chi connectivity index (χ0) is 12.3. The lowest BCUT2D eigenvalue weighted by molar-refractivity contribution is 0.160. The number of aryl methyl sites for hydroxylation is 2. The van der Waals surface area contributed by atoms with E-state index in [1.54, 1.807) is 0 Å². The number of aliphatic hydroxyl groups is 1. The van der Waals surface area contributed by atoms with E-state index < -0.39 is 0 Å². The number of hydrogen-bond acceptors (Lipinski definition) is 3. The topological polar surface area (TPSA) is 50.1 Å². The summed E-state index contributed by atoms with van der Waals surface area (Å²) in [7, 11) is 0. The highest BCUT2D eigenvalue weighted by molar-refractivity contribution is 4.93. The molecule has 1 unspecified atom stereocenters. The van der Waals surface area contributed by atoms with Gasteiger partial charge in [-0.05, 0) is 39.5 Å². The Bertz CT molecular complexity index is 359. The van der Waals surface area contributed by atoms with Crippen LogP contribution in [0.1, 0.15) is 38.4 Å². The fraction of sp³-hybridized carbons (Fsp3) is 0.769. The van der Waals surface area contributed by atoms with Gasteiger partial charge in [0.15, 0.2) is 0 Å². The monoisotopic (exact) mass is 237 g/mol. The Morgan fingerprint density at radius 2 is 2.35 bits per heavy atom. The van der Waals surface area contributed by atoms with E-state index in [1.807, 2.05) is 19.3 Å². The molecule has 1 aromatic rings. The van der Waals surface area contributed by atoms with Gasteiger partial charge >= 0.3 is 0 Å². The minimum atomic E-state index is -0.115. The lowest BCUT2D eigenvalue weighted by Gasteiger charge is -2.29. The van der Waals surface area contributed by atoms with Crippen molar-refractivity contribution in [3.05, 3.63) is 18.2 Å². The van der Waals surface area contributed by atoms with Gasteiger partial charge in [0.1, 0.15) is 5.82 Å². The van der Waals surface area contributed by atoms with Gasteiger partial charge in [0.25, 0.3) is 0 Å². The molecule has 1 aliphatic carbocycles. The second kappa shape index (κ2) is 5.19. The summed E-state index contributed by atoms with van der Waals surface area (Å²) in [6.45, 7) is 5.33. The summed E-state index contributed by atoms with van der Waals surface area (Å²) < 4.78 is 2.16. The maximum atomic E-state index is 9.49. The van der Waals surface area contributed by atoms with E-state index >= 15 is 0 Å². The Morgan fingerprint density at radius 1 is 1.59 bits per heavy atom. The van der Waals surface area contributed by atoms with Crippen molar-refractivity contribution in [1.82, 2.24) is 14.9 Å². The third-order valence-electron chi connectivity index (χ3n) is 3.53. The average Bonchev–Trinajstić information content (AvgIpc) is 3.02. The first-order chi connectivity index (χ1) is 8.13. The zero-order valence-corrected chi connectivity index (χ0v) is 10.8. The van der Waals surface area contributed by atoms with Crippen LogP contribution in [0.15, 0.2) is 12.4 Å². The first kappa shape index (κ1) is 12.6. The van der Waals surface area contributed by atoms with Crippen LogP contribution in [0, 0.1) is 6.92 Å². The third-order valence-corrected chi connectivity index (χ3v) is 3.53. The molecule has 96 valence electrons. The summed E-state index contributed by atoms with van der Waals surface area (Å²) in [6.07, 6.45) is 8.43. The minimum Gasteiger partial charge on any atom is -0.394 e. The standard InChI is InChI=1S/C13H23N3O/c1-11-14-7-9-16(11)8-3-6-13(2,10-17)15-12-4-5-12/h7,9,12,15,17H,3-6,8,10H2,1-2H3. The van der Waals surface area contributed by atoms with Gasteiger partial charge < -0.3 is 15.0 Å². The van der Waals surface area contributed by atoms with Crippen LogP contribution in [0.5, 0.6) is 0 Å². The molecule has 4 heteroatoms. The van der Waals surface area contributed by atoms with Crippen molar-refractivity contribution in [3.63, 3.8) is 0 Å². The van der Waals surface area contributed by atoms with Crippen LogP contribution in [0.3, 0.4) is 0 Å². The molecule has 4 nitrogen and oxygen atoms in total. The first-order valence-electron chi connectivity index (χ1n) is 6.49. The molecule has 0 radical (unpaired) electrons. The van der Waals surface area contributed by atoms with Crippen LogP contribution in [0.4, 0.5) is 0 Å². The van der Waals surface area contributed by atoms with Gasteiger partial charge in [0, 0.05) is 30.5 Å². The number of hydrogen-bond donors (Lipinski definition) is 2. The molecule has 0 bridgehead atoms. The van der Waals surface area contributed by atoms with Crippen LogP contribution in [-0.4, -0.2) is 32.8 Å². The summed E-state index contributed by atoms with van der Waals surface area (Å²) in [6, 6.07) is 0.641. The molecule has 0 amide bonds. The van der Waals surface area contributed by atoms with Crippen LogP contribution < -0.4 is 5.32 Å². The summed E-state index contributed by atoms with van der Waals surface area (Å²) in [4.78, 5) is 4.21. The summed E-state index contributed by atoms with van der Waals surface area (Å²) in [5.41, 5.74) is -0.115. The van der Waals surface area contributed by atoms with E-state index in [-0.39, 0.29) is 12.1 Å². The van der Waals surface area contributed by atoms with Crippen molar-refractivity contribution in [2.24, 2.45) is 0 Å². The van der Waals surface area contributed by atoms with E-state index in [1.165, 1.54) is 12.8 Å². The third kappa shape index (κ3) is 3.54. The second-order valence-corrected chi connectivity index (χ2v) is 5.41. The highest BCUT2D eigenvalue weighted by Gasteiger charge is 2.31. The Balaban J connectivity index is 1.77. The molecule has 0 spiro atoms. The molecule has 2 rings (SSSR count). The smallest absolute Gasteiger partial charge is 0.105 e. The molecule has 0 saturated heterocycles. The maximum absolute atomic E-state index is 9.49. The van der Waals surface area contributed by atoms with Crippen molar-refractivity contribution in [1.29, 1.82) is 0 Å². The molecular weight excluding hydrogens is 214 g/mol. The summed E-state index contributed by atoms with van der Waals surface area (Å²) >= 11 is 0. The molecule has 1 aromatic heterocycles. The quantitative estimate of drug-likeness (QED) is 0.755. The average molecular weight is 237 g/mol. The first-order valence-corrected chi connectivity index (χ1v) is 6.49. The van der Waals surface area contributed by atoms with E-state index in [9.17, 15) is 5.11 Å². The van der Waals surface area contributed by atoms with Gasteiger partial charge in [-0.1, -0.05) is 0 Å². The van der Waals surface area contributed by atoms with Crippen LogP contribution in [0.2, 0.25) is 0 Å². The molecule has 17 heavy (non-hydrogen) atoms. The van der Waals surface area contributed by atoms with Gasteiger partial charge in [-0.3, -0.25) is 0 Å². The normalized spacial score (nSPS) is 19.2. The van der Waals surface area contributed by atoms with Crippen LogP contribution >= 0.6 is 0 Å². The van der Waals surface area contributed by atoms with Gasteiger partial charge in [-0.25, -0.2) is 4.98 Å². The Kier molecular flexibility index (Phi) is 3.84. The Morgan fingerprint density at radius 3 is 2.88 bits per heavy atom. The van der Waals surface area contributed by atoms with E-state index in [0.717, 1.165) is 25.2 Å². The fourth-order valence-corrected chi connectivity index (χ4v) is 2.20. The predicted molar refractivity (Wildman–Crippen MR) is 67.8 cm³/mol. The molecule has 1 saturated carbocycles. The van der Waals surface area contributed by atoms with Crippen LogP contribution in [-0.2, 0) is 6.54 Å². The number of aromatic nitrogens is 2. The van der Waals surface area contributed by atoms with E-state index in [4.69, 9.17) is 0 Å². The number of aliphatic hydroxyl groups excluding tert-OH is 1. The van der Waals surface area contributed by atoms with Crippen molar-refractivity contribution in [2.45, 2.75) is 57.7 Å². The molecule has 0 aliphatic heterocycles. The molecule has 0 aromatic carbocycles. The van der Waals surface area contributed by atoms with Crippen molar-refractivity contribution >= 4 is 0 Å². The maximum Gasteiger partial charge on any atom is 0.105 e. The van der Waals surface area contributed by atoms with Gasteiger partial charge in [-0.15, -0.1) is 0 Å². The largest absolute Gasteiger partial charge is 0.394 e. The van der Waals surface area contributed by atoms with Gasteiger partial charge in [0.05, 0.1) is 6.61 Å². The Labute approximate surface area is 103 Å². The number of nitrogens with one attached hydrogen (secondary N) is 1. The number of nitrogens with zero attached hydrogens (tertiary/aromatic N) is 2. The predicted octanol–water partition coefficient (Wildman–Crippen LogP) is 1.47. The number of rotatable bonds is 7. The van der Waals surface area contributed by atoms with Gasteiger partial charge in [-0.2, -0.15) is 0 Å². The molecule has 1 atom stereocenters. The summed E-state index contributed by atoms with van der Waals surface area (Å²) in [5.74, 6) is 1.06. The van der Waals surface area contributed by atoms with Crippen molar-refractivity contribution in [2.75, 3.05) is 6.61 Å². The SMILES string of the molecule is Cc1nccn1CCCC(C)(CO)NC1CC1. The van der Waals surface area contributed by atoms with Crippen LogP contribution in [0.25, 0.3) is 0 Å². The lowest BCUT2D eigenvalue weighted by Crippen LogP contribution is -2.47. The fourth-order valence-electron chi connectivity index (χ4n) is 2.20. The molecular formula is C13H23N3O. The zero-order valence-electron chi connectivity index (χ0n) is 10.8. The van der Waals surface area contributed by atoms with Gasteiger partial charge in [0.2, 0.25) is 0 Å². The lowest BCUT2D eigenvalue weighted by atomic mass is 9.96. The summed E-state index contributed by atoms with van der Waals surface area (Å²) in [5, 5.41) is 13.0. The Hall–Kier alpha value is -0.870. The minimum absolute atomic E-state index is 0.115. The second-order valence-electron chi connectivity index (χ2n) is 5.41. The van der Waals surface area contributed by atoms with Crippen molar-refractivity contribution in [3.8, 4) is 0 Å².